The Hall–Kier alpha value is -1.31. The fourth-order valence-electron chi connectivity index (χ4n) is 4.61. The molecule has 3 aliphatic rings. The van der Waals surface area contributed by atoms with E-state index >= 15 is 0 Å². The van der Waals surface area contributed by atoms with Gasteiger partial charge in [-0.15, -0.1) is 11.3 Å². The van der Waals surface area contributed by atoms with Gasteiger partial charge in [-0.25, -0.2) is 0 Å². The van der Waals surface area contributed by atoms with Crippen molar-refractivity contribution >= 4 is 28.6 Å². The number of thiophene rings is 1. The highest BCUT2D eigenvalue weighted by Gasteiger charge is 2.46. The quantitative estimate of drug-likeness (QED) is 0.689. The van der Waals surface area contributed by atoms with E-state index in [2.05, 4.69) is 29.7 Å². The lowest BCUT2D eigenvalue weighted by Gasteiger charge is -2.46. The van der Waals surface area contributed by atoms with Gasteiger partial charge in [0.1, 0.15) is 5.60 Å². The molecule has 3 aliphatic heterocycles. The minimum Gasteiger partial charge on any atom is -0.444 e. The lowest BCUT2D eigenvalue weighted by atomic mass is 9.78. The number of hydrogen-bond donors (Lipinski definition) is 3. The van der Waals surface area contributed by atoms with Crippen LogP contribution in [0.2, 0.25) is 4.34 Å². The highest BCUT2D eigenvalue weighted by atomic mass is 35.5. The van der Waals surface area contributed by atoms with Crippen molar-refractivity contribution < 1.29 is 14.6 Å². The van der Waals surface area contributed by atoms with Crippen molar-refractivity contribution in [1.82, 2.24) is 5.32 Å². The van der Waals surface area contributed by atoms with Crippen LogP contribution in [-0.2, 0) is 16.8 Å². The zero-order valence-electron chi connectivity index (χ0n) is 14.4. The molecule has 4 atom stereocenters. The van der Waals surface area contributed by atoms with Crippen molar-refractivity contribution in [1.29, 1.82) is 0 Å². The molecule has 1 aromatic heterocycles. The summed E-state index contributed by atoms with van der Waals surface area (Å²) in [5.41, 5.74) is 2.89. The molecule has 1 spiro atoms. The molecule has 0 amide bonds. The molecule has 0 aliphatic carbocycles. The van der Waals surface area contributed by atoms with E-state index in [-0.39, 0.29) is 17.7 Å². The summed E-state index contributed by atoms with van der Waals surface area (Å²) in [7, 11) is 0. The van der Waals surface area contributed by atoms with Crippen molar-refractivity contribution in [3.8, 4) is 5.75 Å². The predicted molar refractivity (Wildman–Crippen MR) is 102 cm³/mol. The molecule has 7 heteroatoms. The van der Waals surface area contributed by atoms with Crippen molar-refractivity contribution in [3.05, 3.63) is 44.6 Å². The molecular weight excluding hydrogens is 372 g/mol. The lowest BCUT2D eigenvalue weighted by Crippen LogP contribution is -2.49. The smallest absolute Gasteiger partial charge is 0.279 e. The van der Waals surface area contributed by atoms with Gasteiger partial charge in [-0.05, 0) is 37.5 Å². The third-order valence-corrected chi connectivity index (χ3v) is 7.02. The Bertz CT molecular complexity index is 857. The third kappa shape index (κ3) is 2.63. The standard InChI is InChI=1S/C19H21ClN2O3S/c1-10-8-19(17-11(5-6-24-19)7-15(20)26-17)9-14(21-10)12-3-2-4-13-16(12)25-18(23)22-13/h2-4,7,10,14,18,21-23H,5-6,8-9H2,1H3/t10-,14-,18?,19-/m0/s1. The number of halogens is 1. The molecule has 3 N–H and O–H groups in total. The summed E-state index contributed by atoms with van der Waals surface area (Å²) in [6, 6.07) is 8.43. The van der Waals surface area contributed by atoms with E-state index in [4.69, 9.17) is 21.1 Å². The van der Waals surface area contributed by atoms with Gasteiger partial charge in [0.25, 0.3) is 6.41 Å². The summed E-state index contributed by atoms with van der Waals surface area (Å²) >= 11 is 7.98. The number of nitrogens with one attached hydrogen (secondary N) is 2. The van der Waals surface area contributed by atoms with Gasteiger partial charge in [-0.2, -0.15) is 0 Å². The number of fused-ring (bicyclic) bond motifs is 3. The van der Waals surface area contributed by atoms with Gasteiger partial charge >= 0.3 is 0 Å². The SMILES string of the molecule is C[C@H]1C[C@@]2(C[C@@H](c3cccc4c3OC(O)N4)N1)OCCc1cc(Cl)sc12. The van der Waals surface area contributed by atoms with Gasteiger partial charge in [-0.1, -0.05) is 23.7 Å². The maximum absolute atomic E-state index is 9.81. The summed E-state index contributed by atoms with van der Waals surface area (Å²) in [5, 5.41) is 16.4. The molecule has 0 bridgehead atoms. The Morgan fingerprint density at radius 1 is 1.35 bits per heavy atom. The monoisotopic (exact) mass is 392 g/mol. The Kier molecular flexibility index (Phi) is 3.95. The second kappa shape index (κ2) is 6.11. The first kappa shape index (κ1) is 16.8. The highest BCUT2D eigenvalue weighted by Crippen LogP contribution is 2.51. The maximum Gasteiger partial charge on any atom is 0.279 e. The van der Waals surface area contributed by atoms with Crippen molar-refractivity contribution in [2.75, 3.05) is 11.9 Å². The average Bonchev–Trinajstić information content (AvgIpc) is 3.16. The number of ether oxygens (including phenoxy) is 2. The Morgan fingerprint density at radius 3 is 3.12 bits per heavy atom. The molecule has 0 radical (unpaired) electrons. The van der Waals surface area contributed by atoms with Gasteiger partial charge in [0.15, 0.2) is 5.75 Å². The summed E-state index contributed by atoms with van der Waals surface area (Å²) in [6.07, 6.45) is 1.67. The average molecular weight is 393 g/mol. The molecule has 26 heavy (non-hydrogen) atoms. The van der Waals surface area contributed by atoms with Gasteiger partial charge in [0.2, 0.25) is 0 Å². The lowest BCUT2D eigenvalue weighted by molar-refractivity contribution is -0.0957. The van der Waals surface area contributed by atoms with E-state index in [1.165, 1.54) is 10.4 Å². The number of aliphatic hydroxyl groups excluding tert-OH is 1. The maximum atomic E-state index is 9.81. The number of aliphatic hydroxyl groups is 1. The molecule has 4 heterocycles. The molecule has 0 saturated carbocycles. The predicted octanol–water partition coefficient (Wildman–Crippen LogP) is 3.76. The molecule has 1 unspecified atom stereocenters. The Morgan fingerprint density at radius 2 is 2.23 bits per heavy atom. The van der Waals surface area contributed by atoms with Crippen LogP contribution in [0.15, 0.2) is 24.3 Å². The molecule has 1 fully saturated rings. The fraction of sp³-hybridized carbons (Fsp3) is 0.474. The fourth-order valence-corrected chi connectivity index (χ4v) is 6.07. The number of anilines is 1. The zero-order valence-corrected chi connectivity index (χ0v) is 16.0. The van der Waals surface area contributed by atoms with Gasteiger partial charge in [0.05, 0.1) is 16.6 Å². The minimum atomic E-state index is -0.991. The van der Waals surface area contributed by atoms with Crippen LogP contribution in [0.5, 0.6) is 5.75 Å². The van der Waals surface area contributed by atoms with E-state index in [0.717, 1.165) is 47.2 Å². The van der Waals surface area contributed by atoms with Crippen molar-refractivity contribution in [2.24, 2.45) is 0 Å². The Labute approximate surface area is 161 Å². The van der Waals surface area contributed by atoms with Crippen LogP contribution in [-0.4, -0.2) is 24.2 Å². The second-order valence-corrected chi connectivity index (χ2v) is 9.05. The number of benzene rings is 1. The second-order valence-electron chi connectivity index (χ2n) is 7.36. The number of hydrogen-bond acceptors (Lipinski definition) is 6. The number of para-hydroxylation sites is 1. The molecule has 1 aromatic carbocycles. The van der Waals surface area contributed by atoms with Crippen LogP contribution in [0.25, 0.3) is 0 Å². The number of piperidine rings is 1. The summed E-state index contributed by atoms with van der Waals surface area (Å²) < 4.78 is 12.9. The van der Waals surface area contributed by atoms with Crippen LogP contribution in [0.4, 0.5) is 5.69 Å². The third-order valence-electron chi connectivity index (χ3n) is 5.53. The Balaban J connectivity index is 1.55. The largest absolute Gasteiger partial charge is 0.444 e. The molecule has 5 nitrogen and oxygen atoms in total. The van der Waals surface area contributed by atoms with Crippen LogP contribution in [0, 0.1) is 0 Å². The van der Waals surface area contributed by atoms with E-state index in [1.54, 1.807) is 11.3 Å². The van der Waals surface area contributed by atoms with E-state index in [9.17, 15) is 5.11 Å². The molecule has 138 valence electrons. The topological polar surface area (TPSA) is 62.8 Å². The van der Waals surface area contributed by atoms with E-state index < -0.39 is 6.41 Å². The minimum absolute atomic E-state index is 0.0765. The zero-order chi connectivity index (χ0) is 17.9. The van der Waals surface area contributed by atoms with Crippen LogP contribution in [0.3, 0.4) is 0 Å². The first-order valence-corrected chi connectivity index (χ1v) is 10.2. The van der Waals surface area contributed by atoms with Crippen LogP contribution in [0.1, 0.15) is 41.8 Å². The molecule has 2 aromatic rings. The molecular formula is C19H21ClN2O3S. The first-order chi connectivity index (χ1) is 12.5. The van der Waals surface area contributed by atoms with Crippen LogP contribution < -0.4 is 15.4 Å². The normalized spacial score (nSPS) is 32.7. The van der Waals surface area contributed by atoms with Gasteiger partial charge in [-0.3, -0.25) is 0 Å². The molecule has 1 saturated heterocycles. The van der Waals surface area contributed by atoms with Gasteiger partial charge < -0.3 is 25.2 Å². The van der Waals surface area contributed by atoms with Crippen molar-refractivity contribution in [3.63, 3.8) is 0 Å². The summed E-state index contributed by atoms with van der Waals surface area (Å²) in [5.74, 6) is 0.724. The van der Waals surface area contributed by atoms with E-state index in [0.29, 0.717) is 0 Å². The summed E-state index contributed by atoms with van der Waals surface area (Å²) in [4.78, 5) is 1.28. The highest BCUT2D eigenvalue weighted by molar-refractivity contribution is 7.16. The first-order valence-electron chi connectivity index (χ1n) is 8.97. The molecule has 5 rings (SSSR count). The summed E-state index contributed by atoms with van der Waals surface area (Å²) in [6.45, 7) is 2.92. The van der Waals surface area contributed by atoms with Crippen LogP contribution >= 0.6 is 22.9 Å². The number of rotatable bonds is 1. The van der Waals surface area contributed by atoms with E-state index in [1.807, 2.05) is 12.1 Å². The van der Waals surface area contributed by atoms with Crippen molar-refractivity contribution in [2.45, 2.75) is 50.3 Å². The van der Waals surface area contributed by atoms with Gasteiger partial charge in [0, 0.05) is 28.9 Å².